The molecule has 5 nitrogen and oxygen atoms in total. The number of hydrogen-bond donors (Lipinski definition) is 0. The van der Waals surface area contributed by atoms with Gasteiger partial charge in [0, 0.05) is 17.4 Å². The predicted molar refractivity (Wildman–Crippen MR) is 256 cm³/mol. The summed E-state index contributed by atoms with van der Waals surface area (Å²) in [5.74, 6) is 1.48. The molecule has 10 rings (SSSR count). The Morgan fingerprint density at radius 2 is 1.32 bits per heavy atom. The minimum absolute atomic E-state index is 0. The number of aryl methyl sites for hydroxylation is 2. The van der Waals surface area contributed by atoms with Crippen molar-refractivity contribution in [1.29, 1.82) is 0 Å². The van der Waals surface area contributed by atoms with E-state index in [-0.39, 0.29) is 49.5 Å². The van der Waals surface area contributed by atoms with E-state index in [1.54, 1.807) is 0 Å². The van der Waals surface area contributed by atoms with Crippen molar-refractivity contribution >= 4 is 44.8 Å². The third-order valence-corrected chi connectivity index (χ3v) is 13.0. The number of pyridine rings is 1. The third kappa shape index (κ3) is 7.33. The second kappa shape index (κ2) is 15.5. The quantitative estimate of drug-likeness (QED) is 0.161. The maximum absolute atomic E-state index is 6.98. The fourth-order valence-corrected chi connectivity index (χ4v) is 9.41. The van der Waals surface area contributed by atoms with Crippen LogP contribution < -0.4 is 4.90 Å². The maximum atomic E-state index is 6.98. The molecule has 0 amide bonds. The zero-order valence-electron chi connectivity index (χ0n) is 37.9. The van der Waals surface area contributed by atoms with Crippen molar-refractivity contribution in [1.82, 2.24) is 9.55 Å². The van der Waals surface area contributed by atoms with Crippen LogP contribution in [0.1, 0.15) is 118 Å². The molecular weight excluding hydrogens is 952 g/mol. The smallest absolute Gasteiger partial charge is 0.510 e. The Morgan fingerprint density at radius 3 is 2.02 bits per heavy atom. The van der Waals surface area contributed by atoms with Gasteiger partial charge in [0.1, 0.15) is 23.9 Å². The molecular formula is C57H54N4OPt. The van der Waals surface area contributed by atoms with E-state index < -0.39 is 0 Å². The van der Waals surface area contributed by atoms with E-state index in [0.717, 1.165) is 56.0 Å². The second-order valence-electron chi connectivity index (χ2n) is 19.9. The summed E-state index contributed by atoms with van der Waals surface area (Å²) in [6.45, 7) is 22.6. The van der Waals surface area contributed by atoms with E-state index in [1.165, 1.54) is 38.8 Å². The Bertz CT molecular complexity index is 3080. The summed E-state index contributed by atoms with van der Waals surface area (Å²) in [5, 5.41) is 2.36. The molecule has 2 aliphatic rings. The molecule has 0 saturated heterocycles. The molecule has 0 fully saturated rings. The SMILES string of the molecule is Cc1ccc2c(c1)C(C)(C)c1cc3c4cc(C)ccc4n(-c4cc(C(C)(C)C)ccn4)c3[c-]c1N2c1[c-]c(C2=N[C@H](c3ccccc3)[C@@H](c3ccccc3)O2)cc(C(C)(C)C)c1.[Pt+2]. The summed E-state index contributed by atoms with van der Waals surface area (Å²) >= 11 is 0. The largest absolute Gasteiger partial charge is 2.00 e. The van der Waals surface area contributed by atoms with Crippen LogP contribution in [0.2, 0.25) is 0 Å². The first kappa shape index (κ1) is 42.5. The van der Waals surface area contributed by atoms with Crippen LogP contribution in [-0.4, -0.2) is 15.4 Å². The first-order valence-electron chi connectivity index (χ1n) is 21.9. The summed E-state index contributed by atoms with van der Waals surface area (Å²) in [6, 6.07) is 53.7. The molecule has 0 saturated carbocycles. The van der Waals surface area contributed by atoms with Crippen molar-refractivity contribution in [3.8, 4) is 5.82 Å². The van der Waals surface area contributed by atoms with Crippen LogP contribution in [0.3, 0.4) is 0 Å². The van der Waals surface area contributed by atoms with Crippen molar-refractivity contribution in [2.24, 2.45) is 4.99 Å². The molecule has 2 aromatic heterocycles. The maximum Gasteiger partial charge on any atom is 2.00 e. The van der Waals surface area contributed by atoms with Gasteiger partial charge in [-0.05, 0) is 87.7 Å². The average Bonchev–Trinajstić information content (AvgIpc) is 3.83. The van der Waals surface area contributed by atoms with Crippen LogP contribution in [0.25, 0.3) is 27.6 Å². The number of aliphatic imine (C=N–C) groups is 1. The number of ether oxygens (including phenoxy) is 1. The van der Waals surface area contributed by atoms with Gasteiger partial charge < -0.3 is 14.2 Å². The monoisotopic (exact) mass is 1010 g/mol. The molecule has 0 spiro atoms. The minimum atomic E-state index is -0.338. The fraction of sp³-hybridized carbons (Fsp3) is 0.263. The van der Waals surface area contributed by atoms with Gasteiger partial charge >= 0.3 is 21.1 Å². The number of fused-ring (bicyclic) bond motifs is 5. The van der Waals surface area contributed by atoms with Crippen molar-refractivity contribution in [2.75, 3.05) is 4.90 Å². The number of benzene rings is 6. The summed E-state index contributed by atoms with van der Waals surface area (Å²) in [4.78, 5) is 12.8. The molecule has 0 bridgehead atoms. The van der Waals surface area contributed by atoms with Crippen molar-refractivity contribution in [3.63, 3.8) is 0 Å². The zero-order valence-corrected chi connectivity index (χ0v) is 40.1. The van der Waals surface area contributed by atoms with Crippen molar-refractivity contribution < 1.29 is 25.8 Å². The van der Waals surface area contributed by atoms with Crippen LogP contribution in [0.15, 0.2) is 139 Å². The number of aromatic nitrogens is 2. The molecule has 6 aromatic carbocycles. The van der Waals surface area contributed by atoms with Gasteiger partial charge in [-0.3, -0.25) is 4.99 Å². The Labute approximate surface area is 387 Å². The summed E-state index contributed by atoms with van der Waals surface area (Å²) < 4.78 is 9.29. The minimum Gasteiger partial charge on any atom is -0.510 e. The third-order valence-electron chi connectivity index (χ3n) is 13.0. The molecule has 8 aromatic rings. The van der Waals surface area contributed by atoms with Crippen LogP contribution in [-0.2, 0) is 42.0 Å². The van der Waals surface area contributed by atoms with Gasteiger partial charge in [0.05, 0.1) is 0 Å². The van der Waals surface area contributed by atoms with E-state index in [1.807, 2.05) is 12.3 Å². The van der Waals surface area contributed by atoms with Gasteiger partial charge in [-0.2, -0.15) is 6.07 Å². The summed E-state index contributed by atoms with van der Waals surface area (Å²) in [7, 11) is 0. The van der Waals surface area contributed by atoms with Crippen LogP contribution >= 0.6 is 0 Å². The molecule has 0 unspecified atom stereocenters. The number of anilines is 3. The van der Waals surface area contributed by atoms with Gasteiger partial charge in [0.15, 0.2) is 0 Å². The van der Waals surface area contributed by atoms with E-state index >= 15 is 0 Å². The molecule has 0 radical (unpaired) electrons. The molecule has 2 atom stereocenters. The van der Waals surface area contributed by atoms with E-state index in [9.17, 15) is 0 Å². The predicted octanol–water partition coefficient (Wildman–Crippen LogP) is 14.4. The molecule has 6 heteroatoms. The van der Waals surface area contributed by atoms with Crippen molar-refractivity contribution in [3.05, 3.63) is 196 Å². The van der Waals surface area contributed by atoms with E-state index in [2.05, 4.69) is 212 Å². The van der Waals surface area contributed by atoms with Crippen LogP contribution in [0, 0.1) is 26.0 Å². The standard InChI is InChI=1S/C57H54N4O.Pt/c1-35-21-23-47-43(27-35)44-33-46-50(34-49(44)61(47)51-32-40(25-26-58-51)55(3,4)5)60(48-24-22-36(2)28-45(48)57(46,9)10)42-30-39(29-41(31-42)56(6,7)8)54-59-52(37-17-13-11-14-18-37)53(62-54)38-19-15-12-16-20-38;/h11-29,31-33,52-53H,1-10H3;/q-2;+2/t52-,53-;/m1./s1. The number of rotatable bonds is 5. The topological polar surface area (TPSA) is 42.7 Å². The van der Waals surface area contributed by atoms with Gasteiger partial charge in [0.25, 0.3) is 0 Å². The molecule has 0 N–H and O–H groups in total. The molecule has 4 heterocycles. The Kier molecular flexibility index (Phi) is 10.5. The Balaban J connectivity index is 0.00000504. The first-order chi connectivity index (χ1) is 29.6. The number of nitrogens with zero attached hydrogens (tertiary/aromatic N) is 4. The molecule has 0 aliphatic carbocycles. The van der Waals surface area contributed by atoms with E-state index in [0.29, 0.717) is 5.90 Å². The Morgan fingerprint density at radius 1 is 0.651 bits per heavy atom. The summed E-state index contributed by atoms with van der Waals surface area (Å²) in [6.07, 6.45) is 1.67. The van der Waals surface area contributed by atoms with Crippen LogP contribution in [0.4, 0.5) is 17.1 Å². The first-order valence-corrected chi connectivity index (χ1v) is 21.9. The molecule has 63 heavy (non-hydrogen) atoms. The fourth-order valence-electron chi connectivity index (χ4n) is 9.41. The van der Waals surface area contributed by atoms with Gasteiger partial charge in [0.2, 0.25) is 0 Å². The Hall–Kier alpha value is -5.77. The van der Waals surface area contributed by atoms with Gasteiger partial charge in [-0.1, -0.05) is 168 Å². The molecule has 2 aliphatic heterocycles. The van der Waals surface area contributed by atoms with Gasteiger partial charge in [-0.25, -0.2) is 4.98 Å². The van der Waals surface area contributed by atoms with Gasteiger partial charge in [-0.15, -0.1) is 40.8 Å². The normalized spacial score (nSPS) is 16.9. The average molecular weight is 1010 g/mol. The van der Waals surface area contributed by atoms with Crippen LogP contribution in [0.5, 0.6) is 0 Å². The summed E-state index contributed by atoms with van der Waals surface area (Å²) in [5.41, 5.74) is 14.9. The van der Waals surface area contributed by atoms with Crippen molar-refractivity contribution in [2.45, 2.75) is 97.6 Å². The van der Waals surface area contributed by atoms with E-state index in [4.69, 9.17) is 14.7 Å². The second-order valence-corrected chi connectivity index (χ2v) is 19.9. The zero-order chi connectivity index (χ0) is 43.3. The molecule has 318 valence electrons. The number of hydrogen-bond acceptors (Lipinski definition) is 4.